The highest BCUT2D eigenvalue weighted by atomic mass is 32.2. The summed E-state index contributed by atoms with van der Waals surface area (Å²) in [6.07, 6.45) is 6.10. The van der Waals surface area contributed by atoms with Crippen LogP contribution in [0.4, 0.5) is 5.69 Å². The second kappa shape index (κ2) is 6.32. The number of para-hydroxylation sites is 1. The SMILES string of the molecule is CC(CN1CC[C@H]2[C@@H](C1)c1cccc3c1N2CCCS3)n1nccn1. The number of anilines is 1. The van der Waals surface area contributed by atoms with Gasteiger partial charge in [0, 0.05) is 43.0 Å². The molecule has 5 nitrogen and oxygen atoms in total. The lowest BCUT2D eigenvalue weighted by Gasteiger charge is -2.39. The molecule has 1 aromatic carbocycles. The van der Waals surface area contributed by atoms with E-state index in [0.717, 1.165) is 13.1 Å². The van der Waals surface area contributed by atoms with Crippen LogP contribution >= 0.6 is 11.8 Å². The zero-order chi connectivity index (χ0) is 16.8. The van der Waals surface area contributed by atoms with Crippen LogP contribution in [0.15, 0.2) is 35.5 Å². The van der Waals surface area contributed by atoms with Crippen molar-refractivity contribution in [2.24, 2.45) is 0 Å². The number of likely N-dealkylation sites (tertiary alicyclic amines) is 1. The molecule has 6 heteroatoms. The summed E-state index contributed by atoms with van der Waals surface area (Å²) in [6, 6.07) is 7.99. The highest BCUT2D eigenvalue weighted by Crippen LogP contribution is 2.50. The minimum atomic E-state index is 0.323. The zero-order valence-electron chi connectivity index (χ0n) is 14.7. The molecule has 0 spiro atoms. The molecule has 0 saturated carbocycles. The van der Waals surface area contributed by atoms with Gasteiger partial charge in [0.05, 0.1) is 24.1 Å². The van der Waals surface area contributed by atoms with Crippen LogP contribution < -0.4 is 4.90 Å². The normalized spacial score (nSPS) is 26.8. The van der Waals surface area contributed by atoms with Gasteiger partial charge in [0.15, 0.2) is 0 Å². The highest BCUT2D eigenvalue weighted by Gasteiger charge is 2.43. The van der Waals surface area contributed by atoms with Crippen molar-refractivity contribution in [2.45, 2.75) is 42.7 Å². The van der Waals surface area contributed by atoms with Crippen molar-refractivity contribution >= 4 is 17.4 Å². The maximum absolute atomic E-state index is 4.31. The molecular formula is C19H25N5S. The van der Waals surface area contributed by atoms with E-state index in [0.29, 0.717) is 18.0 Å². The average molecular weight is 356 g/mol. The van der Waals surface area contributed by atoms with Gasteiger partial charge in [-0.3, -0.25) is 0 Å². The minimum absolute atomic E-state index is 0.323. The van der Waals surface area contributed by atoms with Crippen molar-refractivity contribution < 1.29 is 0 Å². The minimum Gasteiger partial charge on any atom is -0.367 e. The molecule has 2 aromatic rings. The maximum Gasteiger partial charge on any atom is 0.0814 e. The van der Waals surface area contributed by atoms with Crippen molar-refractivity contribution in [2.75, 3.05) is 36.8 Å². The average Bonchev–Trinajstić information content (AvgIpc) is 3.20. The van der Waals surface area contributed by atoms with E-state index in [1.165, 1.54) is 36.6 Å². The number of benzene rings is 1. The number of hydrogen-bond donors (Lipinski definition) is 0. The molecule has 0 bridgehead atoms. The summed E-state index contributed by atoms with van der Waals surface area (Å²) in [6.45, 7) is 6.81. The summed E-state index contributed by atoms with van der Waals surface area (Å²) in [7, 11) is 0. The van der Waals surface area contributed by atoms with Gasteiger partial charge in [-0.25, -0.2) is 0 Å². The molecule has 0 amide bonds. The number of aromatic nitrogens is 3. The van der Waals surface area contributed by atoms with Gasteiger partial charge >= 0.3 is 0 Å². The molecule has 0 N–H and O–H groups in total. The van der Waals surface area contributed by atoms with E-state index in [1.807, 2.05) is 16.6 Å². The molecular weight excluding hydrogens is 330 g/mol. The monoisotopic (exact) mass is 355 g/mol. The third-order valence-electron chi connectivity index (χ3n) is 5.93. The molecule has 25 heavy (non-hydrogen) atoms. The van der Waals surface area contributed by atoms with Gasteiger partial charge in [-0.05, 0) is 37.1 Å². The quantitative estimate of drug-likeness (QED) is 0.846. The fourth-order valence-electron chi connectivity index (χ4n) is 4.87. The lowest BCUT2D eigenvalue weighted by atomic mass is 9.89. The zero-order valence-corrected chi connectivity index (χ0v) is 15.5. The first-order chi connectivity index (χ1) is 12.3. The van der Waals surface area contributed by atoms with Crippen LogP contribution in [-0.4, -0.2) is 57.9 Å². The molecule has 1 saturated heterocycles. The summed E-state index contributed by atoms with van der Waals surface area (Å²) in [4.78, 5) is 8.71. The summed E-state index contributed by atoms with van der Waals surface area (Å²) in [5.74, 6) is 1.91. The summed E-state index contributed by atoms with van der Waals surface area (Å²) >= 11 is 2.05. The lowest BCUT2D eigenvalue weighted by molar-refractivity contribution is 0.165. The largest absolute Gasteiger partial charge is 0.367 e. The van der Waals surface area contributed by atoms with Crippen LogP contribution in [0.2, 0.25) is 0 Å². The number of nitrogens with zero attached hydrogens (tertiary/aromatic N) is 5. The van der Waals surface area contributed by atoms with E-state index in [2.05, 4.69) is 45.1 Å². The number of fused-ring (bicyclic) bond motifs is 3. The van der Waals surface area contributed by atoms with Crippen LogP contribution in [0.5, 0.6) is 0 Å². The van der Waals surface area contributed by atoms with Gasteiger partial charge in [-0.15, -0.1) is 11.8 Å². The van der Waals surface area contributed by atoms with Crippen molar-refractivity contribution in [1.82, 2.24) is 19.9 Å². The molecule has 3 aliphatic rings. The Bertz CT molecular complexity index is 746. The van der Waals surface area contributed by atoms with E-state index in [-0.39, 0.29) is 0 Å². The second-order valence-corrected chi connectivity index (χ2v) is 8.65. The van der Waals surface area contributed by atoms with Crippen LogP contribution in [-0.2, 0) is 0 Å². The van der Waals surface area contributed by atoms with Crippen molar-refractivity contribution in [3.05, 3.63) is 36.2 Å². The van der Waals surface area contributed by atoms with Crippen LogP contribution in [0.3, 0.4) is 0 Å². The van der Waals surface area contributed by atoms with Crippen LogP contribution in [0.1, 0.15) is 37.3 Å². The Morgan fingerprint density at radius 1 is 1.24 bits per heavy atom. The molecule has 1 fully saturated rings. The van der Waals surface area contributed by atoms with Gasteiger partial charge < -0.3 is 9.80 Å². The molecule has 4 heterocycles. The molecule has 0 aliphatic carbocycles. The van der Waals surface area contributed by atoms with Gasteiger partial charge in [-0.1, -0.05) is 12.1 Å². The Kier molecular flexibility index (Phi) is 3.97. The molecule has 132 valence electrons. The Labute approximate surface area is 153 Å². The standard InChI is InChI=1S/C19H25N5S/c1-14(24-20-7-8-21-24)12-22-10-6-17-16(13-22)15-4-2-5-18-19(15)23(17)9-3-11-25-18/h2,4-5,7-8,14,16-17H,3,6,9-13H2,1H3/t14?,16-,17-/m0/s1. The van der Waals surface area contributed by atoms with Crippen LogP contribution in [0.25, 0.3) is 0 Å². The first-order valence-corrected chi connectivity index (χ1v) is 10.4. The number of piperidine rings is 1. The van der Waals surface area contributed by atoms with Gasteiger partial charge in [0.1, 0.15) is 0 Å². The number of thioether (sulfide) groups is 1. The molecule has 3 atom stereocenters. The van der Waals surface area contributed by atoms with Crippen molar-refractivity contribution in [1.29, 1.82) is 0 Å². The van der Waals surface area contributed by atoms with E-state index < -0.39 is 0 Å². The van der Waals surface area contributed by atoms with E-state index in [1.54, 1.807) is 23.6 Å². The first-order valence-electron chi connectivity index (χ1n) is 9.42. The third kappa shape index (κ3) is 2.66. The Balaban J connectivity index is 1.38. The highest BCUT2D eigenvalue weighted by molar-refractivity contribution is 7.99. The summed E-state index contributed by atoms with van der Waals surface area (Å²) < 4.78 is 0. The predicted octanol–water partition coefficient (Wildman–Crippen LogP) is 3.01. The topological polar surface area (TPSA) is 37.2 Å². The smallest absolute Gasteiger partial charge is 0.0814 e. The first kappa shape index (κ1) is 15.7. The predicted molar refractivity (Wildman–Crippen MR) is 101 cm³/mol. The molecule has 1 unspecified atom stereocenters. The van der Waals surface area contributed by atoms with Crippen molar-refractivity contribution in [3.8, 4) is 0 Å². The second-order valence-electron chi connectivity index (χ2n) is 7.51. The van der Waals surface area contributed by atoms with Crippen molar-refractivity contribution in [3.63, 3.8) is 0 Å². The number of hydrogen-bond acceptors (Lipinski definition) is 5. The summed E-state index contributed by atoms with van der Waals surface area (Å²) in [5.41, 5.74) is 3.15. The molecule has 5 rings (SSSR count). The molecule has 0 radical (unpaired) electrons. The summed E-state index contributed by atoms with van der Waals surface area (Å²) in [5, 5.41) is 8.62. The fourth-order valence-corrected chi connectivity index (χ4v) is 5.91. The molecule has 3 aliphatic heterocycles. The van der Waals surface area contributed by atoms with E-state index in [4.69, 9.17) is 0 Å². The Hall–Kier alpha value is -1.53. The number of rotatable bonds is 3. The lowest BCUT2D eigenvalue weighted by Crippen LogP contribution is -2.47. The van der Waals surface area contributed by atoms with Gasteiger partial charge in [0.25, 0.3) is 0 Å². The Morgan fingerprint density at radius 3 is 3.00 bits per heavy atom. The Morgan fingerprint density at radius 2 is 2.12 bits per heavy atom. The maximum atomic E-state index is 4.31. The fraction of sp³-hybridized carbons (Fsp3) is 0.579. The van der Waals surface area contributed by atoms with Gasteiger partial charge in [0.2, 0.25) is 0 Å². The van der Waals surface area contributed by atoms with E-state index >= 15 is 0 Å². The molecule has 1 aromatic heterocycles. The third-order valence-corrected chi connectivity index (χ3v) is 7.07. The van der Waals surface area contributed by atoms with E-state index in [9.17, 15) is 0 Å². The van der Waals surface area contributed by atoms with Crippen LogP contribution in [0, 0.1) is 0 Å². The van der Waals surface area contributed by atoms with Gasteiger partial charge in [-0.2, -0.15) is 15.0 Å².